The fourth-order valence-electron chi connectivity index (χ4n) is 2.49. The normalized spacial score (nSPS) is 16.5. The van der Waals surface area contributed by atoms with Crippen LogP contribution in [0.25, 0.3) is 0 Å². The smallest absolute Gasteiger partial charge is 0.159 e. The number of halogens is 1. The van der Waals surface area contributed by atoms with Crippen LogP contribution in [0.3, 0.4) is 0 Å². The van der Waals surface area contributed by atoms with Crippen molar-refractivity contribution in [2.45, 2.75) is 38.3 Å². The van der Waals surface area contributed by atoms with Crippen LogP contribution in [-0.2, 0) is 6.54 Å². The largest absolute Gasteiger partial charge is 0.381 e. The molecule has 0 spiro atoms. The monoisotopic (exact) mass is 309 g/mol. The van der Waals surface area contributed by atoms with Crippen molar-refractivity contribution < 1.29 is 0 Å². The Balaban J connectivity index is 1.73. The van der Waals surface area contributed by atoms with Gasteiger partial charge in [0.25, 0.3) is 0 Å². The molecule has 1 saturated carbocycles. The number of hydrogen-bond donors (Lipinski definition) is 1. The van der Waals surface area contributed by atoms with E-state index in [2.05, 4.69) is 43.1 Å². The maximum absolute atomic E-state index is 5.69. The Morgan fingerprint density at radius 2 is 2.11 bits per heavy atom. The zero-order valence-corrected chi connectivity index (χ0v) is 11.7. The third kappa shape index (κ3) is 2.29. The minimum absolute atomic E-state index is 0.519. The molecule has 3 rings (SSSR count). The Morgan fingerprint density at radius 3 is 2.78 bits per heavy atom. The van der Waals surface area contributed by atoms with Crippen molar-refractivity contribution in [2.24, 2.45) is 0 Å². The topological polar surface area (TPSA) is 61.7 Å². The Bertz CT molecular complexity index is 519. The molecule has 1 aliphatic carbocycles. The molecular formula is C12H16BrN5. The molecule has 0 amide bonds. The molecule has 0 aliphatic heterocycles. The molecule has 6 heteroatoms. The first-order chi connectivity index (χ1) is 8.72. The lowest BCUT2D eigenvalue weighted by Gasteiger charge is -2.08. The van der Waals surface area contributed by atoms with E-state index >= 15 is 0 Å². The number of nitrogen functional groups attached to an aromatic ring is 1. The highest BCUT2D eigenvalue weighted by molar-refractivity contribution is 9.10. The highest BCUT2D eigenvalue weighted by atomic mass is 79.9. The van der Waals surface area contributed by atoms with Crippen molar-refractivity contribution in [3.63, 3.8) is 0 Å². The molecule has 0 saturated heterocycles. The summed E-state index contributed by atoms with van der Waals surface area (Å²) in [5.41, 5.74) is 6.72. The van der Waals surface area contributed by atoms with Crippen LogP contribution in [0.2, 0.25) is 0 Å². The van der Waals surface area contributed by atoms with Gasteiger partial charge in [0.2, 0.25) is 0 Å². The number of nitrogens with two attached hydrogens (primary N) is 1. The third-order valence-corrected chi connectivity index (χ3v) is 4.04. The van der Waals surface area contributed by atoms with Crippen molar-refractivity contribution in [3.8, 4) is 0 Å². The summed E-state index contributed by atoms with van der Waals surface area (Å²) in [6, 6.07) is 2.65. The Hall–Kier alpha value is -1.30. The van der Waals surface area contributed by atoms with Gasteiger partial charge in [-0.05, 0) is 34.8 Å². The second-order valence-corrected chi connectivity index (χ2v) is 5.64. The van der Waals surface area contributed by atoms with E-state index in [0.717, 1.165) is 10.2 Å². The predicted octanol–water partition coefficient (Wildman–Crippen LogP) is 2.59. The van der Waals surface area contributed by atoms with Gasteiger partial charge in [0.1, 0.15) is 0 Å². The lowest BCUT2D eigenvalue weighted by atomic mass is 10.3. The fourth-order valence-corrected chi connectivity index (χ4v) is 2.81. The van der Waals surface area contributed by atoms with E-state index in [1.54, 1.807) is 4.68 Å². The SMILES string of the molecule is Nc1nn(Cc2ccn(C3CCCC3)n2)cc1Br. The standard InChI is InChI=1S/C12H16BrN5/c13-11-8-17(16-12(11)14)7-9-5-6-18(15-9)10-3-1-2-4-10/h5-6,8,10H,1-4,7H2,(H2,14,16). The summed E-state index contributed by atoms with van der Waals surface area (Å²) >= 11 is 3.35. The summed E-state index contributed by atoms with van der Waals surface area (Å²) in [5.74, 6) is 0.519. The predicted molar refractivity (Wildman–Crippen MR) is 73.2 cm³/mol. The maximum Gasteiger partial charge on any atom is 0.159 e. The fraction of sp³-hybridized carbons (Fsp3) is 0.500. The molecule has 1 aliphatic rings. The van der Waals surface area contributed by atoms with Crippen molar-refractivity contribution in [1.29, 1.82) is 0 Å². The molecule has 5 nitrogen and oxygen atoms in total. The first kappa shape index (κ1) is 11.8. The van der Waals surface area contributed by atoms with Crippen LogP contribution in [0.15, 0.2) is 22.9 Å². The molecule has 1 fully saturated rings. The maximum atomic E-state index is 5.69. The average Bonchev–Trinajstić information content (AvgIpc) is 3.02. The molecule has 0 atom stereocenters. The summed E-state index contributed by atoms with van der Waals surface area (Å²) in [6.07, 6.45) is 9.10. The summed E-state index contributed by atoms with van der Waals surface area (Å²) in [7, 11) is 0. The van der Waals surface area contributed by atoms with Crippen LogP contribution in [-0.4, -0.2) is 19.6 Å². The highest BCUT2D eigenvalue weighted by Crippen LogP contribution is 2.28. The average molecular weight is 310 g/mol. The van der Waals surface area contributed by atoms with E-state index in [0.29, 0.717) is 18.4 Å². The van der Waals surface area contributed by atoms with E-state index < -0.39 is 0 Å². The number of anilines is 1. The lowest BCUT2D eigenvalue weighted by molar-refractivity contribution is 0.460. The van der Waals surface area contributed by atoms with Crippen LogP contribution < -0.4 is 5.73 Å². The first-order valence-electron chi connectivity index (χ1n) is 6.25. The van der Waals surface area contributed by atoms with E-state index in [-0.39, 0.29) is 0 Å². The van der Waals surface area contributed by atoms with Gasteiger partial charge in [0.15, 0.2) is 5.82 Å². The van der Waals surface area contributed by atoms with E-state index in [9.17, 15) is 0 Å². The van der Waals surface area contributed by atoms with Crippen LogP contribution in [0.4, 0.5) is 5.82 Å². The third-order valence-electron chi connectivity index (χ3n) is 3.43. The lowest BCUT2D eigenvalue weighted by Crippen LogP contribution is -2.07. The summed E-state index contributed by atoms with van der Waals surface area (Å²) < 4.78 is 4.74. The van der Waals surface area contributed by atoms with Gasteiger partial charge in [-0.15, -0.1) is 0 Å². The molecule has 18 heavy (non-hydrogen) atoms. The van der Waals surface area contributed by atoms with E-state index in [4.69, 9.17) is 5.73 Å². The second-order valence-electron chi connectivity index (χ2n) is 4.79. The molecule has 0 aromatic carbocycles. The molecule has 2 N–H and O–H groups in total. The highest BCUT2D eigenvalue weighted by Gasteiger charge is 2.17. The van der Waals surface area contributed by atoms with Crippen LogP contribution in [0.5, 0.6) is 0 Å². The van der Waals surface area contributed by atoms with E-state index in [1.807, 2.05) is 6.20 Å². The van der Waals surface area contributed by atoms with Crippen molar-refractivity contribution in [1.82, 2.24) is 19.6 Å². The van der Waals surface area contributed by atoms with Crippen molar-refractivity contribution in [3.05, 3.63) is 28.6 Å². The number of aromatic nitrogens is 4. The van der Waals surface area contributed by atoms with Gasteiger partial charge in [-0.2, -0.15) is 10.2 Å². The Morgan fingerprint density at radius 1 is 1.33 bits per heavy atom. The zero-order valence-electron chi connectivity index (χ0n) is 10.1. The molecular weight excluding hydrogens is 294 g/mol. The Kier molecular flexibility index (Phi) is 3.11. The van der Waals surface area contributed by atoms with Gasteiger partial charge >= 0.3 is 0 Å². The quantitative estimate of drug-likeness (QED) is 0.948. The molecule has 96 valence electrons. The molecule has 0 unspecified atom stereocenters. The van der Waals surface area contributed by atoms with Gasteiger partial charge in [0, 0.05) is 12.4 Å². The molecule has 2 aromatic rings. The van der Waals surface area contributed by atoms with Crippen LogP contribution >= 0.6 is 15.9 Å². The molecule has 2 heterocycles. The van der Waals surface area contributed by atoms with Crippen LogP contribution in [0, 0.1) is 0 Å². The zero-order chi connectivity index (χ0) is 12.5. The summed E-state index contributed by atoms with van der Waals surface area (Å²) in [5, 5.41) is 8.84. The minimum atomic E-state index is 0.519. The van der Waals surface area contributed by atoms with Gasteiger partial charge in [-0.25, -0.2) is 0 Å². The number of hydrogen-bond acceptors (Lipinski definition) is 3. The van der Waals surface area contributed by atoms with Gasteiger partial charge in [-0.3, -0.25) is 9.36 Å². The van der Waals surface area contributed by atoms with E-state index in [1.165, 1.54) is 25.7 Å². The van der Waals surface area contributed by atoms with Crippen LogP contribution in [0.1, 0.15) is 37.4 Å². The second kappa shape index (κ2) is 4.76. The summed E-state index contributed by atoms with van der Waals surface area (Å²) in [4.78, 5) is 0. The summed E-state index contributed by atoms with van der Waals surface area (Å²) in [6.45, 7) is 0.662. The molecule has 0 radical (unpaired) electrons. The molecule has 0 bridgehead atoms. The number of nitrogens with zero attached hydrogens (tertiary/aromatic N) is 4. The Labute approximate surface area is 114 Å². The first-order valence-corrected chi connectivity index (χ1v) is 7.04. The van der Waals surface area contributed by atoms with Crippen molar-refractivity contribution >= 4 is 21.7 Å². The van der Waals surface area contributed by atoms with Crippen molar-refractivity contribution in [2.75, 3.05) is 5.73 Å². The number of rotatable bonds is 3. The van der Waals surface area contributed by atoms with Gasteiger partial charge in [-0.1, -0.05) is 12.8 Å². The minimum Gasteiger partial charge on any atom is -0.381 e. The van der Waals surface area contributed by atoms with Gasteiger partial charge < -0.3 is 5.73 Å². The molecule has 2 aromatic heterocycles. The van der Waals surface area contributed by atoms with Gasteiger partial charge in [0.05, 0.1) is 22.8 Å².